The van der Waals surface area contributed by atoms with Crippen LogP contribution in [-0.4, -0.2) is 37.2 Å². The second kappa shape index (κ2) is 4.58. The number of morpholine rings is 1. The van der Waals surface area contributed by atoms with Crippen molar-refractivity contribution in [2.75, 3.05) is 36.9 Å². The number of ether oxygens (including phenoxy) is 1. The third-order valence-electron chi connectivity index (χ3n) is 2.94. The van der Waals surface area contributed by atoms with Crippen molar-refractivity contribution in [2.24, 2.45) is 5.73 Å². The van der Waals surface area contributed by atoms with Gasteiger partial charge in [0.1, 0.15) is 0 Å². The van der Waals surface area contributed by atoms with Crippen LogP contribution in [0.2, 0.25) is 0 Å². The molecule has 17 heavy (non-hydrogen) atoms. The van der Waals surface area contributed by atoms with E-state index in [1.165, 1.54) is 0 Å². The SMILES string of the molecule is Cc1c(N2CCOCC2)cnc(C(N)=O)c1N. The largest absolute Gasteiger partial charge is 0.397 e. The predicted molar refractivity (Wildman–Crippen MR) is 64.9 cm³/mol. The molecule has 0 atom stereocenters. The number of rotatable bonds is 2. The van der Waals surface area contributed by atoms with Crippen LogP contribution in [0.5, 0.6) is 0 Å². The Balaban J connectivity index is 2.36. The molecule has 6 heteroatoms. The molecule has 0 radical (unpaired) electrons. The number of nitrogens with two attached hydrogens (primary N) is 2. The summed E-state index contributed by atoms with van der Waals surface area (Å²) in [6.45, 7) is 4.86. The molecule has 92 valence electrons. The van der Waals surface area contributed by atoms with Gasteiger partial charge < -0.3 is 21.1 Å². The average molecular weight is 236 g/mol. The van der Waals surface area contributed by atoms with Crippen LogP contribution in [-0.2, 0) is 4.74 Å². The monoisotopic (exact) mass is 236 g/mol. The quantitative estimate of drug-likeness (QED) is 0.748. The molecule has 6 nitrogen and oxygen atoms in total. The molecule has 2 heterocycles. The number of amides is 1. The molecule has 0 spiro atoms. The van der Waals surface area contributed by atoms with Gasteiger partial charge >= 0.3 is 0 Å². The number of carbonyl (C=O) groups excluding carboxylic acids is 1. The van der Waals surface area contributed by atoms with Gasteiger partial charge in [0.05, 0.1) is 30.8 Å². The Morgan fingerprint density at radius 2 is 2.12 bits per heavy atom. The molecule has 0 bridgehead atoms. The maximum atomic E-state index is 11.1. The van der Waals surface area contributed by atoms with Crippen molar-refractivity contribution < 1.29 is 9.53 Å². The molecule has 1 aliphatic rings. The second-order valence-corrected chi connectivity index (χ2v) is 3.99. The van der Waals surface area contributed by atoms with Gasteiger partial charge in [-0.1, -0.05) is 0 Å². The van der Waals surface area contributed by atoms with Gasteiger partial charge in [0.15, 0.2) is 5.69 Å². The minimum atomic E-state index is -0.598. The lowest BCUT2D eigenvalue weighted by atomic mass is 10.1. The van der Waals surface area contributed by atoms with Crippen LogP contribution in [0.25, 0.3) is 0 Å². The van der Waals surface area contributed by atoms with E-state index in [-0.39, 0.29) is 5.69 Å². The lowest BCUT2D eigenvalue weighted by Gasteiger charge is -2.30. The highest BCUT2D eigenvalue weighted by Gasteiger charge is 2.18. The van der Waals surface area contributed by atoms with E-state index in [1.54, 1.807) is 6.20 Å². The summed E-state index contributed by atoms with van der Waals surface area (Å²) < 4.78 is 5.29. The van der Waals surface area contributed by atoms with Gasteiger partial charge in [0.25, 0.3) is 5.91 Å². The zero-order chi connectivity index (χ0) is 12.4. The topological polar surface area (TPSA) is 94.5 Å². The zero-order valence-electron chi connectivity index (χ0n) is 9.77. The van der Waals surface area contributed by atoms with E-state index in [4.69, 9.17) is 16.2 Å². The number of hydrogen-bond donors (Lipinski definition) is 2. The molecule has 1 aromatic heterocycles. The molecule has 2 rings (SSSR count). The van der Waals surface area contributed by atoms with E-state index in [0.717, 1.165) is 24.3 Å². The predicted octanol–water partition coefficient (Wildman–Crippen LogP) is -0.0923. The zero-order valence-corrected chi connectivity index (χ0v) is 9.77. The summed E-state index contributed by atoms with van der Waals surface area (Å²) in [5.41, 5.74) is 13.4. The van der Waals surface area contributed by atoms with E-state index in [1.807, 2.05) is 6.92 Å². The average Bonchev–Trinajstić information content (AvgIpc) is 2.33. The van der Waals surface area contributed by atoms with Gasteiger partial charge in [-0.2, -0.15) is 0 Å². The molecule has 0 unspecified atom stereocenters. The molecule has 0 aromatic carbocycles. The number of hydrogen-bond acceptors (Lipinski definition) is 5. The third-order valence-corrected chi connectivity index (χ3v) is 2.94. The van der Waals surface area contributed by atoms with Crippen molar-refractivity contribution in [1.82, 2.24) is 4.98 Å². The van der Waals surface area contributed by atoms with Crippen LogP contribution in [0.1, 0.15) is 16.1 Å². The normalized spacial score (nSPS) is 15.9. The number of aromatic nitrogens is 1. The van der Waals surface area contributed by atoms with Gasteiger partial charge in [0, 0.05) is 13.1 Å². The number of pyridine rings is 1. The molecular formula is C11H16N4O2. The number of primary amides is 1. The van der Waals surface area contributed by atoms with E-state index in [0.29, 0.717) is 18.9 Å². The van der Waals surface area contributed by atoms with Crippen LogP contribution >= 0.6 is 0 Å². The third kappa shape index (κ3) is 2.16. The van der Waals surface area contributed by atoms with Crippen molar-refractivity contribution in [3.05, 3.63) is 17.5 Å². The van der Waals surface area contributed by atoms with Crippen LogP contribution in [0.4, 0.5) is 11.4 Å². The van der Waals surface area contributed by atoms with Gasteiger partial charge in [0.2, 0.25) is 0 Å². The molecule has 4 N–H and O–H groups in total. The van der Waals surface area contributed by atoms with E-state index < -0.39 is 5.91 Å². The van der Waals surface area contributed by atoms with Crippen molar-refractivity contribution in [1.29, 1.82) is 0 Å². The summed E-state index contributed by atoms with van der Waals surface area (Å²) in [4.78, 5) is 17.3. The molecule has 1 aliphatic heterocycles. The molecular weight excluding hydrogens is 220 g/mol. The number of nitrogens with zero attached hydrogens (tertiary/aromatic N) is 2. The molecule has 1 amide bonds. The van der Waals surface area contributed by atoms with Crippen molar-refractivity contribution in [3.8, 4) is 0 Å². The first-order valence-electron chi connectivity index (χ1n) is 5.49. The van der Waals surface area contributed by atoms with Crippen LogP contribution in [0.3, 0.4) is 0 Å². The minimum absolute atomic E-state index is 0.138. The Morgan fingerprint density at radius 3 is 2.71 bits per heavy atom. The Bertz CT molecular complexity index is 441. The summed E-state index contributed by atoms with van der Waals surface area (Å²) in [5.74, 6) is -0.598. The number of nitrogen functional groups attached to an aromatic ring is 1. The standard InChI is InChI=1S/C11H16N4O2/c1-7-8(15-2-4-17-5-3-15)6-14-10(9(7)12)11(13)16/h6H,2-5,12H2,1H3,(H2,13,16). The van der Waals surface area contributed by atoms with Crippen molar-refractivity contribution >= 4 is 17.3 Å². The van der Waals surface area contributed by atoms with Gasteiger partial charge in [-0.05, 0) is 12.5 Å². The molecule has 1 aromatic rings. The Morgan fingerprint density at radius 1 is 1.47 bits per heavy atom. The maximum Gasteiger partial charge on any atom is 0.269 e. The van der Waals surface area contributed by atoms with Crippen molar-refractivity contribution in [2.45, 2.75) is 6.92 Å². The highest BCUT2D eigenvalue weighted by atomic mass is 16.5. The number of carbonyl (C=O) groups is 1. The second-order valence-electron chi connectivity index (χ2n) is 3.99. The summed E-state index contributed by atoms with van der Waals surface area (Å²) in [5, 5.41) is 0. The molecule has 1 saturated heterocycles. The maximum absolute atomic E-state index is 11.1. The highest BCUT2D eigenvalue weighted by molar-refractivity contribution is 5.97. The first kappa shape index (κ1) is 11.7. The summed E-state index contributed by atoms with van der Waals surface area (Å²) in [6, 6.07) is 0. The highest BCUT2D eigenvalue weighted by Crippen LogP contribution is 2.26. The summed E-state index contributed by atoms with van der Waals surface area (Å²) >= 11 is 0. The first-order chi connectivity index (χ1) is 8.11. The Labute approximate surface area is 99.5 Å². The summed E-state index contributed by atoms with van der Waals surface area (Å²) in [7, 11) is 0. The smallest absolute Gasteiger partial charge is 0.269 e. The fourth-order valence-electron chi connectivity index (χ4n) is 1.93. The molecule has 0 saturated carbocycles. The number of anilines is 2. The van der Waals surface area contributed by atoms with Gasteiger partial charge in [-0.3, -0.25) is 4.79 Å². The Hall–Kier alpha value is -1.82. The van der Waals surface area contributed by atoms with Crippen LogP contribution in [0, 0.1) is 6.92 Å². The first-order valence-corrected chi connectivity index (χ1v) is 5.49. The Kier molecular flexibility index (Phi) is 3.14. The van der Waals surface area contributed by atoms with Crippen LogP contribution < -0.4 is 16.4 Å². The van der Waals surface area contributed by atoms with E-state index in [9.17, 15) is 4.79 Å². The minimum Gasteiger partial charge on any atom is -0.397 e. The van der Waals surface area contributed by atoms with Gasteiger partial charge in [-0.25, -0.2) is 4.98 Å². The van der Waals surface area contributed by atoms with Gasteiger partial charge in [-0.15, -0.1) is 0 Å². The fourth-order valence-corrected chi connectivity index (χ4v) is 1.93. The summed E-state index contributed by atoms with van der Waals surface area (Å²) in [6.07, 6.45) is 1.65. The molecule has 1 fully saturated rings. The fraction of sp³-hybridized carbons (Fsp3) is 0.455. The van der Waals surface area contributed by atoms with E-state index >= 15 is 0 Å². The molecule has 0 aliphatic carbocycles. The lowest BCUT2D eigenvalue weighted by molar-refractivity contribution is 0.0996. The lowest BCUT2D eigenvalue weighted by Crippen LogP contribution is -2.37. The van der Waals surface area contributed by atoms with E-state index in [2.05, 4.69) is 9.88 Å². The van der Waals surface area contributed by atoms with Crippen LogP contribution in [0.15, 0.2) is 6.20 Å². The van der Waals surface area contributed by atoms with Crippen molar-refractivity contribution in [3.63, 3.8) is 0 Å².